The summed E-state index contributed by atoms with van der Waals surface area (Å²) in [5.74, 6) is -0.0474. The minimum atomic E-state index is -0.509. The summed E-state index contributed by atoms with van der Waals surface area (Å²) in [5, 5.41) is 0. The molecule has 0 saturated heterocycles. The Hall–Kier alpha value is 2.10. The summed E-state index contributed by atoms with van der Waals surface area (Å²) in [6.07, 6.45) is 0. The fraction of sp³-hybridized carbons (Fsp3) is 0.500. The molecule has 0 saturated carbocycles. The van der Waals surface area contributed by atoms with Crippen LogP contribution < -0.4 is 0 Å². The number of amides is 2. The van der Waals surface area contributed by atoms with Gasteiger partial charge in [-0.25, -0.2) is 0 Å². The standard InChI is InChI=1S/2C2H3NO.2Ga.2HI.H3P/c2*1-2(3)4;;;;;/h2*1H3;;;2*1H;1H3/q;;2*+1;;;/p-2. The molecule has 72 valence electrons. The van der Waals surface area contributed by atoms with Crippen molar-refractivity contribution in [3.8, 4) is 0 Å². The van der Waals surface area contributed by atoms with E-state index >= 15 is 0 Å². The molecule has 1 unspecified atom stereocenters. The predicted octanol–water partition coefficient (Wildman–Crippen LogP) is 1.60. The van der Waals surface area contributed by atoms with Crippen LogP contribution in [0.3, 0.4) is 0 Å². The predicted molar refractivity (Wildman–Crippen MR) is 76.9 cm³/mol. The summed E-state index contributed by atoms with van der Waals surface area (Å²) in [6, 6.07) is 0. The van der Waals surface area contributed by atoms with Crippen molar-refractivity contribution < 1.29 is 9.59 Å². The summed E-state index contributed by atoms with van der Waals surface area (Å²) < 4.78 is 7.26. The van der Waals surface area contributed by atoms with E-state index in [2.05, 4.69) is 46.6 Å². The van der Waals surface area contributed by atoms with Crippen molar-refractivity contribution in [3.63, 3.8) is 0 Å². The van der Waals surface area contributed by atoms with Crippen molar-refractivity contribution in [1.29, 1.82) is 0 Å². The van der Waals surface area contributed by atoms with Crippen LogP contribution in [0.2, 0.25) is 0 Å². The Labute approximate surface area is 117 Å². The van der Waals surface area contributed by atoms with Gasteiger partial charge in [-0.05, 0) is 0 Å². The molecule has 0 aromatic heterocycles. The first kappa shape index (κ1) is 20.5. The summed E-state index contributed by atoms with van der Waals surface area (Å²) in [7, 11) is 0. The van der Waals surface area contributed by atoms with E-state index in [1.807, 2.05) is 0 Å². The number of carbonyl (C=O) groups excluding carboxylic acids is 2. The minimum Gasteiger partial charge on any atom is -0.153 e. The van der Waals surface area contributed by atoms with Gasteiger partial charge >= 0.3 is 109 Å². The first-order valence-corrected chi connectivity index (χ1v) is 19.8. The van der Waals surface area contributed by atoms with Crippen LogP contribution >= 0.6 is 49.2 Å². The molecular formula is C4H9Ga2I2N2O2P. The molecule has 4 nitrogen and oxygen atoms in total. The van der Waals surface area contributed by atoms with Crippen LogP contribution in [0.15, 0.2) is 7.29 Å². The van der Waals surface area contributed by atoms with Gasteiger partial charge in [0, 0.05) is 0 Å². The fourth-order valence-corrected chi connectivity index (χ4v) is 4.79. The summed E-state index contributed by atoms with van der Waals surface area (Å²) in [5.41, 5.74) is 0. The van der Waals surface area contributed by atoms with E-state index in [9.17, 15) is 9.59 Å². The van der Waals surface area contributed by atoms with E-state index in [0.717, 1.165) is 0 Å². The molecular weight excluding hydrogens is 532 g/mol. The maximum atomic E-state index is 9.91. The average Bonchev–Trinajstić information content (AvgIpc) is 1.87. The Morgan fingerprint density at radius 2 is 1.23 bits per heavy atom. The number of hydrogen-bond acceptors (Lipinski definition) is 2. The molecule has 0 aliphatic carbocycles. The Morgan fingerprint density at radius 3 is 1.23 bits per heavy atom. The van der Waals surface area contributed by atoms with Gasteiger partial charge in [0.15, 0.2) is 0 Å². The molecule has 9 heteroatoms. The van der Waals surface area contributed by atoms with Gasteiger partial charge in [-0.1, -0.05) is 0 Å². The number of carbonyl (C=O) groups is 2. The molecule has 0 N–H and O–H groups in total. The van der Waals surface area contributed by atoms with Gasteiger partial charge in [0.25, 0.3) is 0 Å². The van der Waals surface area contributed by atoms with Crippen LogP contribution in [0.5, 0.6) is 0 Å². The van der Waals surface area contributed by atoms with Crippen LogP contribution in [-0.4, -0.2) is 39.2 Å². The second-order valence-corrected chi connectivity index (χ2v) is 9.18. The van der Waals surface area contributed by atoms with Crippen molar-refractivity contribution >= 4 is 88.4 Å². The third-order valence-corrected chi connectivity index (χ3v) is 5.29. The third kappa shape index (κ3) is 31.5. The van der Waals surface area contributed by atoms with Crippen molar-refractivity contribution in [2.45, 2.75) is 13.8 Å². The smallest absolute Gasteiger partial charge is 0.153 e. The molecule has 0 aromatic rings. The maximum Gasteiger partial charge on any atom is -0.153 e. The minimum absolute atomic E-state index is 0. The summed E-state index contributed by atoms with van der Waals surface area (Å²) in [4.78, 5) is 19.8. The van der Waals surface area contributed by atoms with Crippen molar-refractivity contribution in [1.82, 2.24) is 0 Å². The van der Waals surface area contributed by atoms with Gasteiger partial charge in [0.1, 0.15) is 0 Å². The summed E-state index contributed by atoms with van der Waals surface area (Å²) in [6.45, 7) is 2.96. The van der Waals surface area contributed by atoms with Crippen LogP contribution in [0.25, 0.3) is 0 Å². The number of nitrogens with zero attached hydrogens (tertiary/aromatic N) is 2. The van der Waals surface area contributed by atoms with E-state index in [1.54, 1.807) is 0 Å². The molecule has 1 atom stereocenters. The largest absolute Gasteiger partial charge is 0.153 e. The Bertz CT molecular complexity index is 190. The maximum absolute atomic E-state index is 9.91. The zero-order chi connectivity index (χ0) is 9.98. The van der Waals surface area contributed by atoms with E-state index < -0.39 is 27.3 Å². The van der Waals surface area contributed by atoms with Gasteiger partial charge < -0.3 is 0 Å². The zero-order valence-electron chi connectivity index (χ0n) is 7.33. The van der Waals surface area contributed by atoms with Crippen molar-refractivity contribution in [2.75, 3.05) is 0 Å². The first-order valence-electron chi connectivity index (χ1n) is 2.81. The molecule has 0 heterocycles. The molecule has 0 radical (unpaired) electrons. The molecule has 0 bridgehead atoms. The van der Waals surface area contributed by atoms with E-state index in [4.69, 9.17) is 0 Å². The van der Waals surface area contributed by atoms with E-state index in [-0.39, 0.29) is 21.7 Å². The van der Waals surface area contributed by atoms with Gasteiger partial charge in [-0.15, -0.1) is 0 Å². The molecule has 2 amide bonds. The number of hydrogen-bond donors (Lipinski definition) is 0. The van der Waals surface area contributed by atoms with Crippen LogP contribution in [0, 0.1) is 0 Å². The molecule has 0 rings (SSSR count). The first-order chi connectivity index (χ1) is 5.54. The second kappa shape index (κ2) is 16.5. The normalized spacial score (nSPS) is 7.69. The molecule has 13 heavy (non-hydrogen) atoms. The van der Waals surface area contributed by atoms with Crippen LogP contribution in [-0.2, 0) is 9.59 Å². The number of halogens is 2. The molecule has 0 aliphatic heterocycles. The van der Waals surface area contributed by atoms with Gasteiger partial charge in [0.2, 0.25) is 0 Å². The average molecular weight is 541 g/mol. The van der Waals surface area contributed by atoms with Crippen molar-refractivity contribution in [2.24, 2.45) is 7.29 Å². The van der Waals surface area contributed by atoms with Crippen LogP contribution in [0.4, 0.5) is 0 Å². The SMILES string of the molecule is CC(=O)[N]=[Ga][I].CC(=O)[N]=[Ga][I].P. The molecule has 0 aliphatic rings. The Balaban J connectivity index is -0.000000143. The second-order valence-electron chi connectivity index (χ2n) is 1.49. The summed E-state index contributed by atoms with van der Waals surface area (Å²) >= 11 is 3.33. The van der Waals surface area contributed by atoms with Crippen LogP contribution in [0.1, 0.15) is 13.8 Å². The molecule has 0 fully saturated rings. The number of rotatable bonds is 0. The Morgan fingerprint density at radius 1 is 1.00 bits per heavy atom. The zero-order valence-corrected chi connectivity index (χ0v) is 17.9. The van der Waals surface area contributed by atoms with Gasteiger partial charge in [0.05, 0.1) is 0 Å². The Kier molecular flexibility index (Phi) is 26.1. The molecule has 0 aromatic carbocycles. The fourth-order valence-electron chi connectivity index (χ4n) is 0.137. The van der Waals surface area contributed by atoms with Gasteiger partial charge in [-0.3, -0.25) is 0 Å². The van der Waals surface area contributed by atoms with Gasteiger partial charge in [-0.2, -0.15) is 9.90 Å². The van der Waals surface area contributed by atoms with E-state index in [1.165, 1.54) is 13.8 Å². The topological polar surface area (TPSA) is 58.9 Å². The van der Waals surface area contributed by atoms with Crippen molar-refractivity contribution in [3.05, 3.63) is 0 Å². The quantitative estimate of drug-likeness (QED) is 0.266. The monoisotopic (exact) mass is 540 g/mol. The third-order valence-electron chi connectivity index (χ3n) is 0.461. The van der Waals surface area contributed by atoms with E-state index in [0.29, 0.717) is 0 Å². The molecule has 0 spiro atoms.